The van der Waals surface area contributed by atoms with E-state index < -0.39 is 0 Å². The molecule has 0 saturated carbocycles. The zero-order valence-corrected chi connectivity index (χ0v) is 13.8. The molecular formula is C16H17BrClNO. The SMILES string of the molecule is COc1ccc(CN[C@@H](C)c2cccc(Br)c2)cc1Cl. The van der Waals surface area contributed by atoms with Crippen molar-refractivity contribution in [3.63, 3.8) is 0 Å². The van der Waals surface area contributed by atoms with Gasteiger partial charge in [0.05, 0.1) is 12.1 Å². The Labute approximate surface area is 133 Å². The number of hydrogen-bond acceptors (Lipinski definition) is 2. The van der Waals surface area contributed by atoms with Gasteiger partial charge in [0.15, 0.2) is 0 Å². The maximum atomic E-state index is 6.12. The van der Waals surface area contributed by atoms with Crippen molar-refractivity contribution in [2.75, 3.05) is 7.11 Å². The molecule has 106 valence electrons. The van der Waals surface area contributed by atoms with Crippen LogP contribution in [0.4, 0.5) is 0 Å². The molecule has 20 heavy (non-hydrogen) atoms. The summed E-state index contributed by atoms with van der Waals surface area (Å²) in [6.45, 7) is 2.91. The van der Waals surface area contributed by atoms with Crippen molar-refractivity contribution in [1.29, 1.82) is 0 Å². The van der Waals surface area contributed by atoms with E-state index in [1.54, 1.807) is 7.11 Å². The highest BCUT2D eigenvalue weighted by Gasteiger charge is 2.06. The van der Waals surface area contributed by atoms with Crippen LogP contribution in [0.2, 0.25) is 5.02 Å². The van der Waals surface area contributed by atoms with Gasteiger partial charge in [0.25, 0.3) is 0 Å². The highest BCUT2D eigenvalue weighted by Crippen LogP contribution is 2.25. The molecule has 0 aromatic heterocycles. The minimum Gasteiger partial charge on any atom is -0.495 e. The zero-order valence-electron chi connectivity index (χ0n) is 11.5. The van der Waals surface area contributed by atoms with E-state index in [4.69, 9.17) is 16.3 Å². The third kappa shape index (κ3) is 3.98. The predicted octanol–water partition coefficient (Wildman–Crippen LogP) is 4.96. The van der Waals surface area contributed by atoms with Crippen molar-refractivity contribution in [2.24, 2.45) is 0 Å². The minimum atomic E-state index is 0.272. The van der Waals surface area contributed by atoms with Crippen LogP contribution in [0, 0.1) is 0 Å². The lowest BCUT2D eigenvalue weighted by molar-refractivity contribution is 0.414. The van der Waals surface area contributed by atoms with Crippen LogP contribution >= 0.6 is 27.5 Å². The summed E-state index contributed by atoms with van der Waals surface area (Å²) in [6.07, 6.45) is 0. The molecule has 0 heterocycles. The predicted molar refractivity (Wildman–Crippen MR) is 87.4 cm³/mol. The molecule has 0 aliphatic heterocycles. The van der Waals surface area contributed by atoms with Crippen molar-refractivity contribution < 1.29 is 4.74 Å². The van der Waals surface area contributed by atoms with E-state index in [0.29, 0.717) is 10.8 Å². The first kappa shape index (κ1) is 15.4. The summed E-state index contributed by atoms with van der Waals surface area (Å²) < 4.78 is 6.24. The second-order valence-corrected chi connectivity index (χ2v) is 5.95. The first-order valence-corrected chi connectivity index (χ1v) is 7.58. The number of hydrogen-bond donors (Lipinski definition) is 1. The highest BCUT2D eigenvalue weighted by molar-refractivity contribution is 9.10. The van der Waals surface area contributed by atoms with Crippen LogP contribution in [0.5, 0.6) is 5.75 Å². The maximum Gasteiger partial charge on any atom is 0.137 e. The van der Waals surface area contributed by atoms with Gasteiger partial charge in [-0.15, -0.1) is 0 Å². The summed E-state index contributed by atoms with van der Waals surface area (Å²) in [5.41, 5.74) is 2.39. The van der Waals surface area contributed by atoms with E-state index >= 15 is 0 Å². The Morgan fingerprint density at radius 1 is 1.25 bits per heavy atom. The lowest BCUT2D eigenvalue weighted by Crippen LogP contribution is -2.18. The second kappa shape index (κ2) is 7.11. The van der Waals surface area contributed by atoms with Crippen molar-refractivity contribution in [3.05, 3.63) is 63.1 Å². The van der Waals surface area contributed by atoms with Gasteiger partial charge in [-0.3, -0.25) is 0 Å². The molecule has 1 N–H and O–H groups in total. The molecule has 0 bridgehead atoms. The molecule has 0 spiro atoms. The monoisotopic (exact) mass is 353 g/mol. The molecule has 4 heteroatoms. The van der Waals surface area contributed by atoms with Gasteiger partial charge < -0.3 is 10.1 Å². The molecule has 0 fully saturated rings. The van der Waals surface area contributed by atoms with E-state index in [1.807, 2.05) is 30.3 Å². The second-order valence-electron chi connectivity index (χ2n) is 4.63. The smallest absolute Gasteiger partial charge is 0.137 e. The lowest BCUT2D eigenvalue weighted by atomic mass is 10.1. The number of methoxy groups -OCH3 is 1. The molecular weight excluding hydrogens is 338 g/mol. The summed E-state index contributed by atoms with van der Waals surface area (Å²) >= 11 is 9.62. The summed E-state index contributed by atoms with van der Waals surface area (Å²) in [5.74, 6) is 0.704. The molecule has 2 rings (SSSR count). The molecule has 0 amide bonds. The number of rotatable bonds is 5. The van der Waals surface area contributed by atoms with Gasteiger partial charge in [0.1, 0.15) is 5.75 Å². The lowest BCUT2D eigenvalue weighted by Gasteiger charge is -2.15. The van der Waals surface area contributed by atoms with Crippen LogP contribution in [0.3, 0.4) is 0 Å². The molecule has 0 aliphatic rings. The van der Waals surface area contributed by atoms with E-state index in [2.05, 4.69) is 40.3 Å². The van der Waals surface area contributed by atoms with Crippen molar-refractivity contribution in [3.8, 4) is 5.75 Å². The molecule has 1 atom stereocenters. The van der Waals surface area contributed by atoms with Gasteiger partial charge in [0.2, 0.25) is 0 Å². The average Bonchev–Trinajstić information content (AvgIpc) is 2.45. The fourth-order valence-corrected chi connectivity index (χ4v) is 2.68. The van der Waals surface area contributed by atoms with Gasteiger partial charge in [-0.2, -0.15) is 0 Å². The van der Waals surface area contributed by atoms with E-state index in [-0.39, 0.29) is 6.04 Å². The number of ether oxygens (including phenoxy) is 1. The average molecular weight is 355 g/mol. The molecule has 0 unspecified atom stereocenters. The summed E-state index contributed by atoms with van der Waals surface area (Å²) in [6, 6.07) is 14.4. The van der Waals surface area contributed by atoms with Gasteiger partial charge in [-0.1, -0.05) is 45.7 Å². The Balaban J connectivity index is 1.99. The van der Waals surface area contributed by atoms with E-state index in [9.17, 15) is 0 Å². The third-order valence-electron chi connectivity index (χ3n) is 3.18. The molecule has 0 radical (unpaired) electrons. The van der Waals surface area contributed by atoms with Gasteiger partial charge in [0, 0.05) is 17.1 Å². The first-order chi connectivity index (χ1) is 9.60. The van der Waals surface area contributed by atoms with Crippen LogP contribution in [-0.2, 0) is 6.54 Å². The summed E-state index contributed by atoms with van der Waals surface area (Å²) in [4.78, 5) is 0. The molecule has 0 saturated heterocycles. The number of nitrogens with one attached hydrogen (secondary N) is 1. The normalized spacial score (nSPS) is 12.2. The van der Waals surface area contributed by atoms with Crippen LogP contribution in [0.25, 0.3) is 0 Å². The van der Waals surface area contributed by atoms with Gasteiger partial charge in [-0.25, -0.2) is 0 Å². The topological polar surface area (TPSA) is 21.3 Å². The Morgan fingerprint density at radius 2 is 2.05 bits per heavy atom. The van der Waals surface area contributed by atoms with E-state index in [0.717, 1.165) is 16.6 Å². The van der Waals surface area contributed by atoms with Crippen LogP contribution in [0.1, 0.15) is 24.1 Å². The fourth-order valence-electron chi connectivity index (χ4n) is 1.98. The molecule has 2 aromatic rings. The molecule has 0 aliphatic carbocycles. The minimum absolute atomic E-state index is 0.272. The first-order valence-electron chi connectivity index (χ1n) is 6.41. The Morgan fingerprint density at radius 3 is 2.70 bits per heavy atom. The van der Waals surface area contributed by atoms with Gasteiger partial charge >= 0.3 is 0 Å². The zero-order chi connectivity index (χ0) is 14.5. The standard InChI is InChI=1S/C16H17BrClNO/c1-11(13-4-3-5-14(17)9-13)19-10-12-6-7-16(20-2)15(18)8-12/h3-9,11,19H,10H2,1-2H3/t11-/m0/s1. The summed E-state index contributed by atoms with van der Waals surface area (Å²) in [7, 11) is 1.62. The number of benzene rings is 2. The van der Waals surface area contributed by atoms with Crippen molar-refractivity contribution in [1.82, 2.24) is 5.32 Å². The van der Waals surface area contributed by atoms with Crippen LogP contribution < -0.4 is 10.1 Å². The van der Waals surface area contributed by atoms with Gasteiger partial charge in [-0.05, 0) is 42.3 Å². The summed E-state index contributed by atoms with van der Waals surface area (Å²) in [5, 5.41) is 4.13. The van der Waals surface area contributed by atoms with Crippen molar-refractivity contribution >= 4 is 27.5 Å². The third-order valence-corrected chi connectivity index (χ3v) is 3.97. The Kier molecular flexibility index (Phi) is 5.46. The Hall–Kier alpha value is -1.03. The highest BCUT2D eigenvalue weighted by atomic mass is 79.9. The molecule has 2 nitrogen and oxygen atoms in total. The van der Waals surface area contributed by atoms with E-state index in [1.165, 1.54) is 5.56 Å². The van der Waals surface area contributed by atoms with Crippen molar-refractivity contribution in [2.45, 2.75) is 19.5 Å². The maximum absolute atomic E-state index is 6.12. The van der Waals surface area contributed by atoms with Crippen LogP contribution in [-0.4, -0.2) is 7.11 Å². The van der Waals surface area contributed by atoms with Crippen LogP contribution in [0.15, 0.2) is 46.9 Å². The fraction of sp³-hybridized carbons (Fsp3) is 0.250. The molecule has 2 aromatic carbocycles. The quantitative estimate of drug-likeness (QED) is 0.819. The number of halogens is 2. The Bertz CT molecular complexity index is 588. The largest absolute Gasteiger partial charge is 0.495 e.